The normalized spacial score (nSPS) is 23.9. The van der Waals surface area contributed by atoms with Crippen LogP contribution in [0.4, 0.5) is 5.69 Å². The second kappa shape index (κ2) is 6.16. The van der Waals surface area contributed by atoms with E-state index in [0.29, 0.717) is 10.7 Å². The number of anilines is 1. The van der Waals surface area contributed by atoms with Crippen molar-refractivity contribution in [2.45, 2.75) is 45.1 Å². The molecule has 0 radical (unpaired) electrons. The maximum Gasteiger partial charge on any atom is 0.156 e. The lowest BCUT2D eigenvalue weighted by molar-refractivity contribution is 0.122. The Morgan fingerprint density at radius 2 is 2.22 bits per heavy atom. The molecular formula is C14H19BrClNO. The molecular weight excluding hydrogens is 314 g/mol. The molecule has 1 aliphatic carbocycles. The quantitative estimate of drug-likeness (QED) is 0.788. The van der Waals surface area contributed by atoms with Crippen LogP contribution in [0.25, 0.3) is 0 Å². The summed E-state index contributed by atoms with van der Waals surface area (Å²) in [6.45, 7) is 2.25. The highest BCUT2D eigenvalue weighted by molar-refractivity contribution is 9.10. The van der Waals surface area contributed by atoms with Crippen LogP contribution < -0.4 is 10.5 Å². The second-order valence-corrected chi connectivity index (χ2v) is 6.28. The zero-order valence-corrected chi connectivity index (χ0v) is 12.9. The van der Waals surface area contributed by atoms with E-state index >= 15 is 0 Å². The summed E-state index contributed by atoms with van der Waals surface area (Å²) in [4.78, 5) is 0. The Balaban J connectivity index is 2.09. The highest BCUT2D eigenvalue weighted by atomic mass is 79.9. The van der Waals surface area contributed by atoms with Gasteiger partial charge >= 0.3 is 0 Å². The molecule has 18 heavy (non-hydrogen) atoms. The fourth-order valence-electron chi connectivity index (χ4n) is 2.59. The number of halogens is 2. The highest BCUT2D eigenvalue weighted by Crippen LogP contribution is 2.38. The molecule has 0 spiro atoms. The van der Waals surface area contributed by atoms with Gasteiger partial charge in [-0.1, -0.05) is 31.4 Å². The summed E-state index contributed by atoms with van der Waals surface area (Å²) in [5, 5.41) is 0.627. The lowest BCUT2D eigenvalue weighted by atomic mass is 9.85. The lowest BCUT2D eigenvalue weighted by Crippen LogP contribution is -2.25. The number of rotatable bonds is 3. The van der Waals surface area contributed by atoms with Crippen LogP contribution in [0.15, 0.2) is 16.6 Å². The Morgan fingerprint density at radius 3 is 2.89 bits per heavy atom. The van der Waals surface area contributed by atoms with Gasteiger partial charge in [-0.2, -0.15) is 0 Å². The number of benzene rings is 1. The van der Waals surface area contributed by atoms with Gasteiger partial charge in [0.25, 0.3) is 0 Å². The third-order valence-electron chi connectivity index (χ3n) is 3.63. The minimum absolute atomic E-state index is 0.281. The van der Waals surface area contributed by atoms with Gasteiger partial charge in [-0.25, -0.2) is 0 Å². The molecule has 0 bridgehead atoms. The van der Waals surface area contributed by atoms with E-state index in [0.717, 1.165) is 29.0 Å². The van der Waals surface area contributed by atoms with Gasteiger partial charge in [-0.3, -0.25) is 0 Å². The van der Waals surface area contributed by atoms with Crippen molar-refractivity contribution in [1.29, 1.82) is 0 Å². The van der Waals surface area contributed by atoms with Crippen LogP contribution in [-0.2, 0) is 0 Å². The average Bonchev–Trinajstić information content (AvgIpc) is 2.34. The maximum absolute atomic E-state index is 6.07. The Bertz CT molecular complexity index is 401. The fourth-order valence-corrected chi connectivity index (χ4v) is 3.52. The van der Waals surface area contributed by atoms with Crippen LogP contribution in [0.1, 0.15) is 39.0 Å². The monoisotopic (exact) mass is 331 g/mol. The molecule has 1 aliphatic rings. The van der Waals surface area contributed by atoms with E-state index in [-0.39, 0.29) is 6.10 Å². The van der Waals surface area contributed by atoms with Crippen LogP contribution in [0.5, 0.6) is 5.75 Å². The van der Waals surface area contributed by atoms with Gasteiger partial charge in [0, 0.05) is 5.02 Å². The molecule has 2 nitrogen and oxygen atoms in total. The lowest BCUT2D eigenvalue weighted by Gasteiger charge is -2.29. The molecule has 1 fully saturated rings. The molecule has 2 N–H and O–H groups in total. The van der Waals surface area contributed by atoms with Gasteiger partial charge in [-0.05, 0) is 53.2 Å². The summed E-state index contributed by atoms with van der Waals surface area (Å²) < 4.78 is 6.91. The fraction of sp³-hybridized carbons (Fsp3) is 0.571. The summed E-state index contributed by atoms with van der Waals surface area (Å²) in [7, 11) is 0. The van der Waals surface area contributed by atoms with Crippen LogP contribution in [0, 0.1) is 5.92 Å². The molecule has 1 aromatic carbocycles. The van der Waals surface area contributed by atoms with Crippen LogP contribution in [0.3, 0.4) is 0 Å². The predicted octanol–water partition coefficient (Wildman–Crippen LogP) is 5.03. The van der Waals surface area contributed by atoms with Crippen molar-refractivity contribution in [3.8, 4) is 5.75 Å². The maximum atomic E-state index is 6.07. The molecule has 0 heterocycles. The van der Waals surface area contributed by atoms with E-state index in [1.807, 2.05) is 6.07 Å². The summed E-state index contributed by atoms with van der Waals surface area (Å²) in [5.41, 5.74) is 6.57. The molecule has 0 aliphatic heterocycles. The van der Waals surface area contributed by atoms with Gasteiger partial charge in [0.2, 0.25) is 0 Å². The number of nitrogen functional groups attached to an aromatic ring is 1. The van der Waals surface area contributed by atoms with Crippen molar-refractivity contribution in [3.05, 3.63) is 21.6 Å². The van der Waals surface area contributed by atoms with Crippen molar-refractivity contribution < 1.29 is 4.74 Å². The smallest absolute Gasteiger partial charge is 0.156 e. The van der Waals surface area contributed by atoms with Gasteiger partial charge in [0.1, 0.15) is 0 Å². The van der Waals surface area contributed by atoms with E-state index in [9.17, 15) is 0 Å². The largest absolute Gasteiger partial charge is 0.487 e. The first-order valence-electron chi connectivity index (χ1n) is 6.51. The summed E-state index contributed by atoms with van der Waals surface area (Å²) in [5.74, 6) is 1.53. The molecule has 2 atom stereocenters. The molecule has 2 unspecified atom stereocenters. The minimum atomic E-state index is 0.281. The van der Waals surface area contributed by atoms with Gasteiger partial charge in [0.05, 0.1) is 16.3 Å². The molecule has 2 rings (SSSR count). The van der Waals surface area contributed by atoms with E-state index < -0.39 is 0 Å². The Labute approximate surface area is 122 Å². The van der Waals surface area contributed by atoms with E-state index in [4.69, 9.17) is 22.1 Å². The first-order chi connectivity index (χ1) is 8.60. The van der Waals surface area contributed by atoms with Gasteiger partial charge in [-0.15, -0.1) is 0 Å². The zero-order valence-electron chi connectivity index (χ0n) is 10.6. The van der Waals surface area contributed by atoms with Crippen LogP contribution in [0.2, 0.25) is 5.02 Å². The van der Waals surface area contributed by atoms with Crippen molar-refractivity contribution >= 4 is 33.2 Å². The number of hydrogen-bond donors (Lipinski definition) is 1. The average molecular weight is 333 g/mol. The Hall–Kier alpha value is -0.410. The second-order valence-electron chi connectivity index (χ2n) is 4.99. The zero-order chi connectivity index (χ0) is 13.1. The number of nitrogens with two attached hydrogens (primary N) is 1. The molecule has 100 valence electrons. The van der Waals surface area contributed by atoms with Crippen LogP contribution >= 0.6 is 27.5 Å². The predicted molar refractivity (Wildman–Crippen MR) is 80.2 cm³/mol. The van der Waals surface area contributed by atoms with Crippen molar-refractivity contribution in [1.82, 2.24) is 0 Å². The highest BCUT2D eigenvalue weighted by Gasteiger charge is 2.23. The minimum Gasteiger partial charge on any atom is -0.487 e. The number of hydrogen-bond acceptors (Lipinski definition) is 2. The van der Waals surface area contributed by atoms with E-state index in [2.05, 4.69) is 22.9 Å². The molecule has 4 heteroatoms. The van der Waals surface area contributed by atoms with Crippen molar-refractivity contribution in [2.24, 2.45) is 5.92 Å². The van der Waals surface area contributed by atoms with E-state index in [1.165, 1.54) is 19.3 Å². The molecule has 1 aromatic rings. The van der Waals surface area contributed by atoms with Crippen molar-refractivity contribution in [2.75, 3.05) is 5.73 Å². The van der Waals surface area contributed by atoms with Gasteiger partial charge in [0.15, 0.2) is 5.75 Å². The summed E-state index contributed by atoms with van der Waals surface area (Å²) >= 11 is 9.41. The first-order valence-corrected chi connectivity index (χ1v) is 7.68. The Kier molecular flexibility index (Phi) is 4.79. The third kappa shape index (κ3) is 3.33. The number of ether oxygens (including phenoxy) is 1. The van der Waals surface area contributed by atoms with Gasteiger partial charge < -0.3 is 10.5 Å². The topological polar surface area (TPSA) is 35.2 Å². The molecule has 0 aromatic heterocycles. The summed E-state index contributed by atoms with van der Waals surface area (Å²) in [6.07, 6.45) is 6.33. The standard InChI is InChI=1S/C14H19BrClNO/c1-2-9-4-3-5-11(6-9)18-14-12(15)7-10(16)8-13(14)17/h7-9,11H,2-6,17H2,1H3. The SMILES string of the molecule is CCC1CCCC(Oc2c(N)cc(Cl)cc2Br)C1. The molecule has 0 saturated heterocycles. The first kappa shape index (κ1) is 14.0. The van der Waals surface area contributed by atoms with Crippen molar-refractivity contribution in [3.63, 3.8) is 0 Å². The Morgan fingerprint density at radius 1 is 1.44 bits per heavy atom. The molecule has 1 saturated carbocycles. The third-order valence-corrected chi connectivity index (χ3v) is 4.44. The molecule has 0 amide bonds. The van der Waals surface area contributed by atoms with E-state index in [1.54, 1.807) is 6.07 Å². The van der Waals surface area contributed by atoms with Crippen LogP contribution in [-0.4, -0.2) is 6.10 Å². The summed E-state index contributed by atoms with van der Waals surface area (Å²) in [6, 6.07) is 3.56.